The van der Waals surface area contributed by atoms with Crippen LogP contribution >= 0.6 is 0 Å². The van der Waals surface area contributed by atoms with Gasteiger partial charge in [0, 0.05) is 0 Å². The number of esters is 2. The number of hydrogen-bond donors (Lipinski definition) is 0. The molecule has 4 heteroatoms. The van der Waals surface area contributed by atoms with Crippen LogP contribution in [0.1, 0.15) is 100 Å². The van der Waals surface area contributed by atoms with Gasteiger partial charge in [0.2, 0.25) is 0 Å². The Morgan fingerprint density at radius 1 is 0.786 bits per heavy atom. The molecular weight excluding hydrogens is 352 g/mol. The largest absolute Gasteiger partial charge is 0.462 e. The molecule has 28 heavy (non-hydrogen) atoms. The summed E-state index contributed by atoms with van der Waals surface area (Å²) < 4.78 is 11.1. The first kappa shape index (κ1) is 24.2. The van der Waals surface area contributed by atoms with E-state index in [1.54, 1.807) is 24.3 Å². The van der Waals surface area contributed by atoms with Crippen molar-refractivity contribution in [2.75, 3.05) is 6.61 Å². The third-order valence-corrected chi connectivity index (χ3v) is 4.91. The number of rotatable bonds is 13. The summed E-state index contributed by atoms with van der Waals surface area (Å²) in [6, 6.07) is 6.74. The molecule has 0 aliphatic rings. The van der Waals surface area contributed by atoms with E-state index in [1.165, 1.54) is 32.1 Å². The summed E-state index contributed by atoms with van der Waals surface area (Å²) in [5.74, 6) is -0.499. The van der Waals surface area contributed by atoms with Gasteiger partial charge in [0.25, 0.3) is 0 Å². The standard InChI is InChI=1S/C24H38O4/c1-6-7-8-9-10-11-14-17-27-23(25)20-15-12-13-16-21(20)24(26)28-22(18(2)3)19(4)5/h12-13,15-16,18-19,22H,6-11,14,17H2,1-5H3. The Hall–Kier alpha value is -1.84. The zero-order valence-corrected chi connectivity index (χ0v) is 18.3. The fraction of sp³-hybridized carbons (Fsp3) is 0.667. The summed E-state index contributed by atoms with van der Waals surface area (Å²) >= 11 is 0. The zero-order chi connectivity index (χ0) is 20.9. The lowest BCUT2D eigenvalue weighted by molar-refractivity contribution is 0.00282. The summed E-state index contributed by atoms with van der Waals surface area (Å²) in [7, 11) is 0. The number of unbranched alkanes of at least 4 members (excludes halogenated alkanes) is 6. The Morgan fingerprint density at radius 3 is 1.82 bits per heavy atom. The Balaban J connectivity index is 2.57. The number of carbonyl (C=O) groups is 2. The molecule has 0 aliphatic heterocycles. The molecule has 0 atom stereocenters. The minimum atomic E-state index is -0.462. The quantitative estimate of drug-likeness (QED) is 0.287. The number of ether oxygens (including phenoxy) is 2. The lowest BCUT2D eigenvalue weighted by Crippen LogP contribution is -2.29. The van der Waals surface area contributed by atoms with Gasteiger partial charge < -0.3 is 9.47 Å². The van der Waals surface area contributed by atoms with Gasteiger partial charge in [-0.15, -0.1) is 0 Å². The van der Waals surface area contributed by atoms with Crippen molar-refractivity contribution in [3.8, 4) is 0 Å². The summed E-state index contributed by atoms with van der Waals surface area (Å²) in [4.78, 5) is 25.1. The van der Waals surface area contributed by atoms with Gasteiger partial charge in [0.05, 0.1) is 17.7 Å². The van der Waals surface area contributed by atoms with Gasteiger partial charge in [-0.1, -0.05) is 85.3 Å². The lowest BCUT2D eigenvalue weighted by Gasteiger charge is -2.25. The van der Waals surface area contributed by atoms with Crippen LogP contribution in [-0.2, 0) is 9.47 Å². The number of carbonyl (C=O) groups excluding carboxylic acids is 2. The third kappa shape index (κ3) is 8.45. The Morgan fingerprint density at radius 2 is 1.29 bits per heavy atom. The van der Waals surface area contributed by atoms with E-state index in [0.717, 1.165) is 12.8 Å². The molecule has 0 heterocycles. The molecule has 4 nitrogen and oxygen atoms in total. The van der Waals surface area contributed by atoms with Crippen LogP contribution in [0.2, 0.25) is 0 Å². The fourth-order valence-electron chi connectivity index (χ4n) is 3.37. The van der Waals surface area contributed by atoms with Crippen LogP contribution in [0.15, 0.2) is 24.3 Å². The van der Waals surface area contributed by atoms with Gasteiger partial charge in [0.15, 0.2) is 0 Å². The Labute approximate surface area is 171 Å². The molecule has 0 spiro atoms. The van der Waals surface area contributed by atoms with Crippen molar-refractivity contribution in [1.82, 2.24) is 0 Å². The van der Waals surface area contributed by atoms with Gasteiger partial charge in [-0.25, -0.2) is 9.59 Å². The maximum Gasteiger partial charge on any atom is 0.339 e. The van der Waals surface area contributed by atoms with E-state index in [-0.39, 0.29) is 29.1 Å². The SMILES string of the molecule is CCCCCCCCCOC(=O)c1ccccc1C(=O)OC(C(C)C)C(C)C. The van der Waals surface area contributed by atoms with Crippen LogP contribution in [-0.4, -0.2) is 24.6 Å². The average molecular weight is 391 g/mol. The second-order valence-electron chi connectivity index (χ2n) is 8.16. The first-order chi connectivity index (χ1) is 13.4. The van der Waals surface area contributed by atoms with E-state index in [0.29, 0.717) is 6.61 Å². The Bertz CT molecular complexity index is 584. The molecule has 0 fully saturated rings. The van der Waals surface area contributed by atoms with Crippen molar-refractivity contribution in [2.24, 2.45) is 11.8 Å². The van der Waals surface area contributed by atoms with Crippen LogP contribution in [0.3, 0.4) is 0 Å². The first-order valence-electron chi connectivity index (χ1n) is 10.9. The van der Waals surface area contributed by atoms with Crippen LogP contribution in [0.4, 0.5) is 0 Å². The van der Waals surface area contributed by atoms with E-state index in [1.807, 2.05) is 27.7 Å². The number of benzene rings is 1. The van der Waals surface area contributed by atoms with Crippen LogP contribution in [0, 0.1) is 11.8 Å². The molecule has 0 saturated carbocycles. The molecule has 0 N–H and O–H groups in total. The third-order valence-electron chi connectivity index (χ3n) is 4.91. The van der Waals surface area contributed by atoms with Crippen LogP contribution in [0.5, 0.6) is 0 Å². The molecular formula is C24H38O4. The maximum absolute atomic E-state index is 12.7. The molecule has 0 bridgehead atoms. The van der Waals surface area contributed by atoms with Crippen molar-refractivity contribution < 1.29 is 19.1 Å². The molecule has 1 aromatic carbocycles. The van der Waals surface area contributed by atoms with E-state index < -0.39 is 11.9 Å². The van der Waals surface area contributed by atoms with Gasteiger partial charge in [-0.3, -0.25) is 0 Å². The van der Waals surface area contributed by atoms with Gasteiger partial charge >= 0.3 is 11.9 Å². The Kier molecular flexibility index (Phi) is 11.5. The summed E-state index contributed by atoms with van der Waals surface area (Å²) in [6.07, 6.45) is 7.95. The van der Waals surface area contributed by atoms with Gasteiger partial charge in [-0.05, 0) is 30.4 Å². The highest BCUT2D eigenvalue weighted by molar-refractivity contribution is 6.03. The number of hydrogen-bond acceptors (Lipinski definition) is 4. The van der Waals surface area contributed by atoms with Crippen molar-refractivity contribution in [1.29, 1.82) is 0 Å². The predicted molar refractivity (Wildman–Crippen MR) is 114 cm³/mol. The van der Waals surface area contributed by atoms with Crippen molar-refractivity contribution in [2.45, 2.75) is 85.7 Å². The average Bonchev–Trinajstić information content (AvgIpc) is 2.67. The molecule has 1 rings (SSSR count). The van der Waals surface area contributed by atoms with Crippen LogP contribution in [0.25, 0.3) is 0 Å². The fourth-order valence-corrected chi connectivity index (χ4v) is 3.37. The second kappa shape index (κ2) is 13.4. The molecule has 0 saturated heterocycles. The molecule has 1 aromatic rings. The maximum atomic E-state index is 12.7. The smallest absolute Gasteiger partial charge is 0.339 e. The van der Waals surface area contributed by atoms with E-state index in [9.17, 15) is 9.59 Å². The highest BCUT2D eigenvalue weighted by Gasteiger charge is 2.25. The molecule has 0 amide bonds. The van der Waals surface area contributed by atoms with Gasteiger partial charge in [0.1, 0.15) is 6.10 Å². The predicted octanol–water partition coefficient (Wildman–Crippen LogP) is 6.43. The minimum absolute atomic E-state index is 0.190. The molecule has 0 unspecified atom stereocenters. The molecule has 0 aromatic heterocycles. The zero-order valence-electron chi connectivity index (χ0n) is 18.3. The monoisotopic (exact) mass is 390 g/mol. The van der Waals surface area contributed by atoms with E-state index in [2.05, 4.69) is 6.92 Å². The molecule has 158 valence electrons. The summed E-state index contributed by atoms with van der Waals surface area (Å²) in [6.45, 7) is 10.7. The first-order valence-corrected chi connectivity index (χ1v) is 10.9. The lowest BCUT2D eigenvalue weighted by atomic mass is 9.96. The summed E-state index contributed by atoms with van der Waals surface area (Å²) in [5, 5.41) is 0. The minimum Gasteiger partial charge on any atom is -0.462 e. The van der Waals surface area contributed by atoms with Gasteiger partial charge in [-0.2, -0.15) is 0 Å². The van der Waals surface area contributed by atoms with Crippen LogP contribution < -0.4 is 0 Å². The topological polar surface area (TPSA) is 52.6 Å². The second-order valence-corrected chi connectivity index (χ2v) is 8.16. The van der Waals surface area contributed by atoms with Crippen molar-refractivity contribution in [3.63, 3.8) is 0 Å². The normalized spacial score (nSPS) is 11.3. The van der Waals surface area contributed by atoms with E-state index >= 15 is 0 Å². The molecule has 0 radical (unpaired) electrons. The highest BCUT2D eigenvalue weighted by Crippen LogP contribution is 2.20. The molecule has 0 aliphatic carbocycles. The van der Waals surface area contributed by atoms with Crippen molar-refractivity contribution >= 4 is 11.9 Å². The van der Waals surface area contributed by atoms with E-state index in [4.69, 9.17) is 9.47 Å². The summed E-state index contributed by atoms with van der Waals surface area (Å²) in [5.41, 5.74) is 0.556. The van der Waals surface area contributed by atoms with Crippen molar-refractivity contribution in [3.05, 3.63) is 35.4 Å². The highest BCUT2D eigenvalue weighted by atomic mass is 16.5.